The molecule has 0 spiro atoms. The van der Waals surface area contributed by atoms with Crippen LogP contribution in [0.2, 0.25) is 0 Å². The highest BCUT2D eigenvalue weighted by atomic mass is 79.9. The summed E-state index contributed by atoms with van der Waals surface area (Å²) in [7, 11) is 0. The maximum Gasteiger partial charge on any atom is 0.257 e. The van der Waals surface area contributed by atoms with Crippen molar-refractivity contribution in [3.63, 3.8) is 0 Å². The van der Waals surface area contributed by atoms with E-state index in [4.69, 9.17) is 0 Å². The fourth-order valence-corrected chi connectivity index (χ4v) is 2.46. The van der Waals surface area contributed by atoms with Crippen LogP contribution in [-0.2, 0) is 0 Å². The van der Waals surface area contributed by atoms with Gasteiger partial charge in [0.1, 0.15) is 0 Å². The molecule has 100 valence electrons. The molecule has 1 aromatic carbocycles. The number of rotatable bonds is 2. The van der Waals surface area contributed by atoms with E-state index >= 15 is 0 Å². The van der Waals surface area contributed by atoms with Crippen LogP contribution < -0.4 is 5.32 Å². The largest absolute Gasteiger partial charge is 0.343 e. The topological polar surface area (TPSA) is 70.7 Å². The molecule has 0 unspecified atom stereocenters. The smallest absolute Gasteiger partial charge is 0.257 e. The van der Waals surface area contributed by atoms with Crippen LogP contribution in [-0.4, -0.2) is 20.9 Å². The Morgan fingerprint density at radius 3 is 2.95 bits per heavy atom. The summed E-state index contributed by atoms with van der Waals surface area (Å²) < 4.78 is 0.849. The Kier molecular flexibility index (Phi) is 3.23. The molecule has 0 saturated heterocycles. The Balaban J connectivity index is 1.88. The number of hydrogen-bond acceptors (Lipinski definition) is 3. The number of fused-ring (bicyclic) bond motifs is 1. The van der Waals surface area contributed by atoms with E-state index < -0.39 is 0 Å². The molecule has 0 aliphatic carbocycles. The van der Waals surface area contributed by atoms with Crippen LogP contribution in [0.4, 0.5) is 5.69 Å². The number of nitrogens with one attached hydrogen (secondary N) is 2. The third-order valence-corrected chi connectivity index (χ3v) is 3.56. The van der Waals surface area contributed by atoms with Crippen LogP contribution in [0.5, 0.6) is 0 Å². The number of nitrogens with zero attached hydrogens (tertiary/aromatic N) is 2. The number of aromatic nitrogens is 3. The van der Waals surface area contributed by atoms with Gasteiger partial charge in [0.05, 0.1) is 23.1 Å². The zero-order valence-electron chi connectivity index (χ0n) is 10.6. The lowest BCUT2D eigenvalue weighted by Crippen LogP contribution is -2.12. The van der Waals surface area contributed by atoms with Crippen LogP contribution in [0.1, 0.15) is 15.9 Å². The van der Waals surface area contributed by atoms with Crippen molar-refractivity contribution in [2.24, 2.45) is 0 Å². The Morgan fingerprint density at radius 2 is 2.15 bits per heavy atom. The zero-order valence-corrected chi connectivity index (χ0v) is 12.2. The second kappa shape index (κ2) is 5.05. The van der Waals surface area contributed by atoms with Crippen molar-refractivity contribution >= 4 is 38.7 Å². The molecule has 3 rings (SSSR count). The average molecular weight is 331 g/mol. The minimum atomic E-state index is -0.210. The van der Waals surface area contributed by atoms with Crippen LogP contribution in [0.25, 0.3) is 11.2 Å². The summed E-state index contributed by atoms with van der Waals surface area (Å²) >= 11 is 3.44. The first-order valence-electron chi connectivity index (χ1n) is 6.00. The number of carbonyl (C=O) groups excluding carboxylic acids is 1. The average Bonchev–Trinajstić information content (AvgIpc) is 2.89. The van der Waals surface area contributed by atoms with E-state index in [0.717, 1.165) is 21.2 Å². The number of halogens is 1. The van der Waals surface area contributed by atoms with Gasteiger partial charge in [0.2, 0.25) is 0 Å². The van der Waals surface area contributed by atoms with E-state index in [1.54, 1.807) is 12.4 Å². The SMILES string of the molecule is Cc1ccc(NC(=O)c2cnc3nc[nH]c3c2)c(Br)c1. The minimum Gasteiger partial charge on any atom is -0.343 e. The second-order valence-corrected chi connectivity index (χ2v) is 5.29. The molecule has 0 bridgehead atoms. The first-order chi connectivity index (χ1) is 9.63. The second-order valence-electron chi connectivity index (χ2n) is 4.44. The molecular formula is C14H11BrN4O. The van der Waals surface area contributed by atoms with Gasteiger partial charge in [-0.25, -0.2) is 9.97 Å². The van der Waals surface area contributed by atoms with Gasteiger partial charge in [-0.3, -0.25) is 4.79 Å². The molecular weight excluding hydrogens is 320 g/mol. The first-order valence-corrected chi connectivity index (χ1v) is 6.79. The number of benzene rings is 1. The van der Waals surface area contributed by atoms with Crippen LogP contribution in [0, 0.1) is 6.92 Å². The third kappa shape index (κ3) is 2.42. The molecule has 20 heavy (non-hydrogen) atoms. The number of aryl methyl sites for hydroxylation is 1. The van der Waals surface area contributed by atoms with E-state index in [1.807, 2.05) is 25.1 Å². The van der Waals surface area contributed by atoms with Crippen molar-refractivity contribution in [1.82, 2.24) is 15.0 Å². The van der Waals surface area contributed by atoms with Crippen molar-refractivity contribution in [1.29, 1.82) is 0 Å². The molecule has 0 aliphatic rings. The molecule has 0 fully saturated rings. The molecule has 0 aliphatic heterocycles. The molecule has 3 aromatic rings. The molecule has 0 atom stereocenters. The van der Waals surface area contributed by atoms with Gasteiger partial charge in [0.25, 0.3) is 5.91 Å². The molecule has 5 nitrogen and oxygen atoms in total. The molecule has 2 aromatic heterocycles. The lowest BCUT2D eigenvalue weighted by molar-refractivity contribution is 0.102. The summed E-state index contributed by atoms with van der Waals surface area (Å²) in [4.78, 5) is 23.3. The van der Waals surface area contributed by atoms with Crippen molar-refractivity contribution in [2.45, 2.75) is 6.92 Å². The third-order valence-electron chi connectivity index (χ3n) is 2.91. The molecule has 2 N–H and O–H groups in total. The van der Waals surface area contributed by atoms with E-state index in [-0.39, 0.29) is 5.91 Å². The lowest BCUT2D eigenvalue weighted by atomic mass is 10.2. The normalized spacial score (nSPS) is 10.7. The van der Waals surface area contributed by atoms with Gasteiger partial charge in [0, 0.05) is 10.7 Å². The maximum absolute atomic E-state index is 12.2. The number of carbonyl (C=O) groups is 1. The number of imidazole rings is 1. The molecule has 0 radical (unpaired) electrons. The van der Waals surface area contributed by atoms with E-state index in [0.29, 0.717) is 11.2 Å². The fourth-order valence-electron chi connectivity index (χ4n) is 1.87. The predicted octanol–water partition coefficient (Wildman–Crippen LogP) is 3.28. The van der Waals surface area contributed by atoms with E-state index in [1.165, 1.54) is 6.20 Å². The highest BCUT2D eigenvalue weighted by Crippen LogP contribution is 2.24. The fraction of sp³-hybridized carbons (Fsp3) is 0.0714. The van der Waals surface area contributed by atoms with Crippen molar-refractivity contribution in [3.8, 4) is 0 Å². The number of hydrogen-bond donors (Lipinski definition) is 2. The highest BCUT2D eigenvalue weighted by Gasteiger charge is 2.10. The van der Waals surface area contributed by atoms with Gasteiger partial charge in [-0.05, 0) is 46.6 Å². The quantitative estimate of drug-likeness (QED) is 0.757. The summed E-state index contributed by atoms with van der Waals surface area (Å²) in [5, 5.41) is 2.85. The minimum absolute atomic E-state index is 0.210. The Hall–Kier alpha value is -2.21. The van der Waals surface area contributed by atoms with Crippen molar-refractivity contribution in [3.05, 3.63) is 52.4 Å². The van der Waals surface area contributed by atoms with E-state index in [2.05, 4.69) is 36.2 Å². The summed E-state index contributed by atoms with van der Waals surface area (Å²) in [6.07, 6.45) is 3.07. The number of aromatic amines is 1. The summed E-state index contributed by atoms with van der Waals surface area (Å²) in [5.74, 6) is -0.210. The van der Waals surface area contributed by atoms with Crippen molar-refractivity contribution in [2.75, 3.05) is 5.32 Å². The van der Waals surface area contributed by atoms with Gasteiger partial charge in [-0.15, -0.1) is 0 Å². The number of amides is 1. The Labute approximate surface area is 123 Å². The van der Waals surface area contributed by atoms with Gasteiger partial charge in [-0.2, -0.15) is 0 Å². The number of H-pyrrole nitrogens is 1. The predicted molar refractivity (Wildman–Crippen MR) is 80.7 cm³/mol. The highest BCUT2D eigenvalue weighted by molar-refractivity contribution is 9.10. The summed E-state index contributed by atoms with van der Waals surface area (Å²) in [6.45, 7) is 1.99. The van der Waals surface area contributed by atoms with Crippen LogP contribution in [0.15, 0.2) is 41.3 Å². The van der Waals surface area contributed by atoms with Crippen LogP contribution >= 0.6 is 15.9 Å². The van der Waals surface area contributed by atoms with Crippen LogP contribution in [0.3, 0.4) is 0 Å². The molecule has 1 amide bonds. The number of anilines is 1. The standard InChI is InChI=1S/C14H11BrN4O/c1-8-2-3-11(10(15)4-8)19-14(20)9-5-12-13(16-6-9)18-7-17-12/h2-7H,1H3,(H,19,20)(H,16,17,18). The maximum atomic E-state index is 12.2. The molecule has 2 heterocycles. The monoisotopic (exact) mass is 330 g/mol. The van der Waals surface area contributed by atoms with Crippen molar-refractivity contribution < 1.29 is 4.79 Å². The lowest BCUT2D eigenvalue weighted by Gasteiger charge is -2.08. The van der Waals surface area contributed by atoms with Gasteiger partial charge < -0.3 is 10.3 Å². The Morgan fingerprint density at radius 1 is 1.30 bits per heavy atom. The van der Waals surface area contributed by atoms with Gasteiger partial charge in [-0.1, -0.05) is 6.07 Å². The van der Waals surface area contributed by atoms with Gasteiger partial charge >= 0.3 is 0 Å². The molecule has 6 heteroatoms. The summed E-state index contributed by atoms with van der Waals surface area (Å²) in [5.41, 5.74) is 3.66. The Bertz CT molecular complexity index is 797. The number of pyridine rings is 1. The molecule has 0 saturated carbocycles. The zero-order chi connectivity index (χ0) is 14.1. The first kappa shape index (κ1) is 12.8. The summed E-state index contributed by atoms with van der Waals surface area (Å²) in [6, 6.07) is 7.48. The van der Waals surface area contributed by atoms with E-state index in [9.17, 15) is 4.79 Å². The van der Waals surface area contributed by atoms with Gasteiger partial charge in [0.15, 0.2) is 5.65 Å².